The summed E-state index contributed by atoms with van der Waals surface area (Å²) >= 11 is 1.78. The Morgan fingerprint density at radius 2 is 2.15 bits per heavy atom. The van der Waals surface area contributed by atoms with E-state index in [1.54, 1.807) is 11.8 Å². The van der Waals surface area contributed by atoms with Crippen molar-refractivity contribution in [3.8, 4) is 0 Å². The summed E-state index contributed by atoms with van der Waals surface area (Å²) in [5, 5.41) is 4.20. The molecule has 3 rings (SSSR count). The SMILES string of the molecule is CSc1ccc(CN2CCC[C@H]2c2cc(C)on2)cc1. The maximum absolute atomic E-state index is 5.23. The lowest BCUT2D eigenvalue weighted by molar-refractivity contribution is 0.236. The van der Waals surface area contributed by atoms with E-state index in [4.69, 9.17) is 4.52 Å². The lowest BCUT2D eigenvalue weighted by atomic mass is 10.1. The molecule has 1 aliphatic heterocycles. The average Bonchev–Trinajstić information content (AvgIpc) is 3.08. The van der Waals surface area contributed by atoms with Gasteiger partial charge in [0.2, 0.25) is 0 Å². The van der Waals surface area contributed by atoms with Crippen LogP contribution in [0.5, 0.6) is 0 Å². The molecule has 2 heterocycles. The summed E-state index contributed by atoms with van der Waals surface area (Å²) in [6.45, 7) is 4.09. The van der Waals surface area contributed by atoms with Crippen LogP contribution in [0.4, 0.5) is 0 Å². The van der Waals surface area contributed by atoms with Gasteiger partial charge in [-0.1, -0.05) is 17.3 Å². The zero-order chi connectivity index (χ0) is 13.9. The van der Waals surface area contributed by atoms with Gasteiger partial charge in [0.05, 0.1) is 6.04 Å². The maximum atomic E-state index is 5.23. The molecule has 0 saturated carbocycles. The first-order valence-corrected chi connectivity index (χ1v) is 8.29. The van der Waals surface area contributed by atoms with Crippen LogP contribution >= 0.6 is 11.8 Å². The van der Waals surface area contributed by atoms with Crippen LogP contribution in [0.25, 0.3) is 0 Å². The maximum Gasteiger partial charge on any atom is 0.133 e. The second-order valence-electron chi connectivity index (χ2n) is 5.34. The molecule has 0 aliphatic carbocycles. The number of hydrogen-bond donors (Lipinski definition) is 0. The molecular weight excluding hydrogens is 268 g/mol. The first-order valence-electron chi connectivity index (χ1n) is 7.06. The molecule has 0 bridgehead atoms. The second kappa shape index (κ2) is 6.02. The van der Waals surface area contributed by atoms with Gasteiger partial charge < -0.3 is 4.52 Å². The van der Waals surface area contributed by atoms with Gasteiger partial charge in [0.1, 0.15) is 11.5 Å². The van der Waals surface area contributed by atoms with Crippen LogP contribution in [-0.4, -0.2) is 22.9 Å². The Bertz CT molecular complexity index is 564. The average molecular weight is 288 g/mol. The molecule has 1 fully saturated rings. The molecule has 4 heteroatoms. The summed E-state index contributed by atoms with van der Waals surface area (Å²) in [4.78, 5) is 3.82. The molecule has 3 nitrogen and oxygen atoms in total. The van der Waals surface area contributed by atoms with E-state index < -0.39 is 0 Å². The first-order chi connectivity index (χ1) is 9.76. The first kappa shape index (κ1) is 13.7. The van der Waals surface area contributed by atoms with Crippen LogP contribution in [0.2, 0.25) is 0 Å². The van der Waals surface area contributed by atoms with E-state index in [9.17, 15) is 0 Å². The standard InChI is InChI=1S/C16H20N2OS/c1-12-10-15(17-19-12)16-4-3-9-18(16)11-13-5-7-14(20-2)8-6-13/h5-8,10,16H,3-4,9,11H2,1-2H3/t16-/m0/s1. The van der Waals surface area contributed by atoms with Crippen molar-refractivity contribution >= 4 is 11.8 Å². The highest BCUT2D eigenvalue weighted by molar-refractivity contribution is 7.98. The predicted molar refractivity (Wildman–Crippen MR) is 81.8 cm³/mol. The van der Waals surface area contributed by atoms with E-state index in [0.717, 1.165) is 24.5 Å². The minimum absolute atomic E-state index is 0.410. The van der Waals surface area contributed by atoms with Crippen LogP contribution in [0.1, 0.15) is 35.9 Å². The normalized spacial score (nSPS) is 19.6. The van der Waals surface area contributed by atoms with Crippen molar-refractivity contribution in [2.75, 3.05) is 12.8 Å². The topological polar surface area (TPSA) is 29.3 Å². The molecule has 1 aliphatic rings. The molecule has 0 radical (unpaired) electrons. The van der Waals surface area contributed by atoms with E-state index in [-0.39, 0.29) is 0 Å². The lowest BCUT2D eigenvalue weighted by Gasteiger charge is -2.22. The molecule has 20 heavy (non-hydrogen) atoms. The Labute approximate surface area is 124 Å². The van der Waals surface area contributed by atoms with Crippen molar-refractivity contribution in [2.24, 2.45) is 0 Å². The van der Waals surface area contributed by atoms with Gasteiger partial charge in [-0.15, -0.1) is 11.8 Å². The number of likely N-dealkylation sites (tertiary alicyclic amines) is 1. The Balaban J connectivity index is 1.72. The monoisotopic (exact) mass is 288 g/mol. The van der Waals surface area contributed by atoms with Gasteiger partial charge in [0.25, 0.3) is 0 Å². The Kier molecular flexibility index (Phi) is 4.13. The molecule has 0 unspecified atom stereocenters. The van der Waals surface area contributed by atoms with E-state index in [2.05, 4.69) is 46.6 Å². The molecule has 0 N–H and O–H groups in total. The smallest absolute Gasteiger partial charge is 0.133 e. The fourth-order valence-corrected chi connectivity index (χ4v) is 3.27. The van der Waals surface area contributed by atoms with Gasteiger partial charge in [-0.25, -0.2) is 0 Å². The molecular formula is C16H20N2OS. The molecule has 106 valence electrons. The van der Waals surface area contributed by atoms with Gasteiger partial charge in [-0.3, -0.25) is 4.90 Å². The van der Waals surface area contributed by atoms with Gasteiger partial charge in [-0.2, -0.15) is 0 Å². The zero-order valence-electron chi connectivity index (χ0n) is 12.0. The summed E-state index contributed by atoms with van der Waals surface area (Å²) in [6, 6.07) is 11.3. The van der Waals surface area contributed by atoms with Gasteiger partial charge >= 0.3 is 0 Å². The fraction of sp³-hybridized carbons (Fsp3) is 0.438. The molecule has 1 aromatic heterocycles. The largest absolute Gasteiger partial charge is 0.361 e. The third-order valence-electron chi connectivity index (χ3n) is 3.90. The number of benzene rings is 1. The van der Waals surface area contributed by atoms with Crippen molar-refractivity contribution < 1.29 is 4.52 Å². The van der Waals surface area contributed by atoms with Gasteiger partial charge in [-0.05, 0) is 50.3 Å². The quantitative estimate of drug-likeness (QED) is 0.794. The molecule has 0 amide bonds. The number of aryl methyl sites for hydroxylation is 1. The van der Waals surface area contributed by atoms with E-state index in [1.807, 2.05) is 6.92 Å². The molecule has 1 atom stereocenters. The number of aromatic nitrogens is 1. The summed E-state index contributed by atoms with van der Waals surface area (Å²) in [5.41, 5.74) is 2.45. The van der Waals surface area contributed by atoms with Gasteiger partial charge in [0.15, 0.2) is 0 Å². The van der Waals surface area contributed by atoms with Crippen molar-refractivity contribution in [1.29, 1.82) is 0 Å². The number of hydrogen-bond acceptors (Lipinski definition) is 4. The van der Waals surface area contributed by atoms with E-state index >= 15 is 0 Å². The molecule has 1 aromatic carbocycles. The summed E-state index contributed by atoms with van der Waals surface area (Å²) < 4.78 is 5.23. The van der Waals surface area contributed by atoms with Crippen molar-refractivity contribution in [3.05, 3.63) is 47.3 Å². The highest BCUT2D eigenvalue weighted by Gasteiger charge is 2.28. The highest BCUT2D eigenvalue weighted by Crippen LogP contribution is 2.32. The van der Waals surface area contributed by atoms with Crippen molar-refractivity contribution in [1.82, 2.24) is 10.1 Å². The van der Waals surface area contributed by atoms with Crippen LogP contribution in [0, 0.1) is 6.92 Å². The van der Waals surface area contributed by atoms with Crippen LogP contribution in [0.3, 0.4) is 0 Å². The lowest BCUT2D eigenvalue weighted by Crippen LogP contribution is -2.22. The predicted octanol–water partition coefficient (Wildman–Crippen LogP) is 4.04. The summed E-state index contributed by atoms with van der Waals surface area (Å²) in [6.07, 6.45) is 4.52. The van der Waals surface area contributed by atoms with E-state index in [0.29, 0.717) is 6.04 Å². The van der Waals surface area contributed by atoms with Crippen molar-refractivity contribution in [3.63, 3.8) is 0 Å². The Morgan fingerprint density at radius 1 is 1.35 bits per heavy atom. The minimum atomic E-state index is 0.410. The van der Waals surface area contributed by atoms with E-state index in [1.165, 1.54) is 23.3 Å². The van der Waals surface area contributed by atoms with Crippen LogP contribution < -0.4 is 0 Å². The summed E-state index contributed by atoms with van der Waals surface area (Å²) in [7, 11) is 0. The molecule has 1 saturated heterocycles. The zero-order valence-corrected chi connectivity index (χ0v) is 12.8. The molecule has 0 spiro atoms. The Morgan fingerprint density at radius 3 is 2.80 bits per heavy atom. The van der Waals surface area contributed by atoms with Gasteiger partial charge in [0, 0.05) is 17.5 Å². The third kappa shape index (κ3) is 2.91. The number of thioether (sulfide) groups is 1. The fourth-order valence-electron chi connectivity index (χ4n) is 2.86. The van der Waals surface area contributed by atoms with Crippen LogP contribution in [-0.2, 0) is 6.54 Å². The van der Waals surface area contributed by atoms with Crippen LogP contribution in [0.15, 0.2) is 39.8 Å². The molecule has 2 aromatic rings. The van der Waals surface area contributed by atoms with Crippen molar-refractivity contribution in [2.45, 2.75) is 37.2 Å². The highest BCUT2D eigenvalue weighted by atomic mass is 32.2. The number of rotatable bonds is 4. The minimum Gasteiger partial charge on any atom is -0.361 e. The third-order valence-corrected chi connectivity index (χ3v) is 4.64. The summed E-state index contributed by atoms with van der Waals surface area (Å²) in [5.74, 6) is 0.899. The Hall–Kier alpha value is -1.26. The number of nitrogens with zero attached hydrogens (tertiary/aromatic N) is 2. The second-order valence-corrected chi connectivity index (χ2v) is 6.22.